The van der Waals surface area contributed by atoms with Gasteiger partial charge in [-0.2, -0.15) is 13.2 Å². The van der Waals surface area contributed by atoms with Crippen LogP contribution in [0, 0.1) is 0 Å². The third-order valence-electron chi connectivity index (χ3n) is 2.59. The van der Waals surface area contributed by atoms with Crippen LogP contribution < -0.4 is 5.32 Å². The molecule has 120 valence electrons. The number of nitrogens with one attached hydrogen (secondary N) is 1. The number of alkyl halides is 3. The zero-order valence-electron chi connectivity index (χ0n) is 13.5. The van der Waals surface area contributed by atoms with Gasteiger partial charge < -0.3 is 5.32 Å². The maximum Gasteiger partial charge on any atom is 0.417 e. The minimum Gasteiger partial charge on any atom is -0.308 e. The van der Waals surface area contributed by atoms with E-state index in [0.29, 0.717) is 12.1 Å². The van der Waals surface area contributed by atoms with Crippen molar-refractivity contribution in [1.82, 2.24) is 5.32 Å². The summed E-state index contributed by atoms with van der Waals surface area (Å²) in [5.74, 6) is 0. The third kappa shape index (κ3) is 6.74. The van der Waals surface area contributed by atoms with Crippen molar-refractivity contribution in [3.63, 3.8) is 0 Å². The lowest BCUT2D eigenvalue weighted by molar-refractivity contribution is -0.139. The smallest absolute Gasteiger partial charge is 0.308 e. The van der Waals surface area contributed by atoms with E-state index in [1.807, 2.05) is 41.5 Å². The van der Waals surface area contributed by atoms with E-state index in [9.17, 15) is 13.2 Å². The molecule has 0 unspecified atom stereocenters. The quantitative estimate of drug-likeness (QED) is 0.740. The lowest BCUT2D eigenvalue weighted by atomic mass is 10.1. The van der Waals surface area contributed by atoms with Gasteiger partial charge in [0.2, 0.25) is 0 Å². The molecule has 0 aliphatic heterocycles. The molecule has 1 N–H and O–H groups in total. The van der Waals surface area contributed by atoms with Crippen molar-refractivity contribution in [3.05, 3.63) is 29.3 Å². The predicted octanol–water partition coefficient (Wildman–Crippen LogP) is 5.48. The van der Waals surface area contributed by atoms with Gasteiger partial charge in [-0.15, -0.1) is 11.8 Å². The first kappa shape index (κ1) is 18.4. The summed E-state index contributed by atoms with van der Waals surface area (Å²) >= 11 is 1.25. The molecule has 0 aliphatic carbocycles. The molecule has 0 saturated heterocycles. The second kappa shape index (κ2) is 6.21. The first-order chi connectivity index (χ1) is 9.28. The Labute approximate surface area is 129 Å². The fraction of sp³-hybridized carbons (Fsp3) is 0.625. The van der Waals surface area contributed by atoms with E-state index in [1.54, 1.807) is 12.1 Å². The molecule has 1 nitrogen and oxygen atoms in total. The molecule has 0 saturated carbocycles. The van der Waals surface area contributed by atoms with Crippen molar-refractivity contribution in [2.24, 2.45) is 0 Å². The Hall–Kier alpha value is -0.680. The topological polar surface area (TPSA) is 12.0 Å². The zero-order chi connectivity index (χ0) is 16.5. The summed E-state index contributed by atoms with van der Waals surface area (Å²) < 4.78 is 39.5. The number of thioether (sulfide) groups is 1. The minimum atomic E-state index is -4.33. The van der Waals surface area contributed by atoms with Gasteiger partial charge in [-0.25, -0.2) is 0 Å². The first-order valence-corrected chi connectivity index (χ1v) is 7.74. The van der Waals surface area contributed by atoms with Crippen molar-refractivity contribution in [2.75, 3.05) is 0 Å². The molecule has 0 fully saturated rings. The molecule has 5 heteroatoms. The van der Waals surface area contributed by atoms with Crippen LogP contribution in [0.3, 0.4) is 0 Å². The molecule has 0 spiro atoms. The summed E-state index contributed by atoms with van der Waals surface area (Å²) in [6.07, 6.45) is -4.33. The fourth-order valence-electron chi connectivity index (χ4n) is 1.69. The second-order valence-corrected chi connectivity index (χ2v) is 9.01. The van der Waals surface area contributed by atoms with Gasteiger partial charge in [-0.1, -0.05) is 26.8 Å². The van der Waals surface area contributed by atoms with Crippen LogP contribution in [0.4, 0.5) is 13.2 Å². The van der Waals surface area contributed by atoms with Gasteiger partial charge >= 0.3 is 6.18 Å². The van der Waals surface area contributed by atoms with Crippen LogP contribution in [-0.4, -0.2) is 10.3 Å². The van der Waals surface area contributed by atoms with E-state index >= 15 is 0 Å². The molecule has 21 heavy (non-hydrogen) atoms. The highest BCUT2D eigenvalue weighted by atomic mass is 32.2. The van der Waals surface area contributed by atoms with Crippen LogP contribution in [0.2, 0.25) is 0 Å². The van der Waals surface area contributed by atoms with Crippen LogP contribution in [-0.2, 0) is 12.7 Å². The van der Waals surface area contributed by atoms with Crippen LogP contribution >= 0.6 is 11.8 Å². The highest BCUT2D eigenvalue weighted by Crippen LogP contribution is 2.41. The molecule has 0 aliphatic rings. The van der Waals surface area contributed by atoms with Crippen LogP contribution in [0.1, 0.15) is 52.7 Å². The Bertz CT molecular complexity index is 482. The number of hydrogen-bond acceptors (Lipinski definition) is 2. The van der Waals surface area contributed by atoms with E-state index in [-0.39, 0.29) is 15.2 Å². The van der Waals surface area contributed by atoms with Crippen LogP contribution in [0.15, 0.2) is 23.1 Å². The summed E-state index contributed by atoms with van der Waals surface area (Å²) in [5, 5.41) is 3.21. The Morgan fingerprint density at radius 1 is 1.00 bits per heavy atom. The van der Waals surface area contributed by atoms with Crippen molar-refractivity contribution in [2.45, 2.75) is 69.4 Å². The molecular weight excluding hydrogens is 295 g/mol. The van der Waals surface area contributed by atoms with E-state index in [4.69, 9.17) is 0 Å². The Kier molecular flexibility index (Phi) is 5.43. The van der Waals surface area contributed by atoms with Gasteiger partial charge in [-0.3, -0.25) is 0 Å². The van der Waals surface area contributed by atoms with Gasteiger partial charge in [-0.05, 0) is 38.5 Å². The maximum absolute atomic E-state index is 13.2. The van der Waals surface area contributed by atoms with E-state index in [2.05, 4.69) is 5.32 Å². The summed E-state index contributed by atoms with van der Waals surface area (Å²) in [4.78, 5) is 0.287. The lowest BCUT2D eigenvalue weighted by Gasteiger charge is -2.23. The maximum atomic E-state index is 13.2. The molecule has 0 atom stereocenters. The average molecular weight is 319 g/mol. The monoisotopic (exact) mass is 319 g/mol. The summed E-state index contributed by atoms with van der Waals surface area (Å²) in [6.45, 7) is 12.1. The fourth-order valence-corrected chi connectivity index (χ4v) is 2.78. The first-order valence-electron chi connectivity index (χ1n) is 6.92. The average Bonchev–Trinajstić information content (AvgIpc) is 2.23. The molecule has 0 aromatic heterocycles. The van der Waals surface area contributed by atoms with E-state index in [0.717, 1.165) is 0 Å². The van der Waals surface area contributed by atoms with Gasteiger partial charge in [0.05, 0.1) is 5.56 Å². The van der Waals surface area contributed by atoms with Crippen molar-refractivity contribution >= 4 is 11.8 Å². The largest absolute Gasteiger partial charge is 0.417 e. The van der Waals surface area contributed by atoms with Crippen molar-refractivity contribution in [1.29, 1.82) is 0 Å². The standard InChI is InChI=1S/C16H24F3NS/c1-14(2,3)20-10-11-7-8-13(21-15(4,5)6)12(9-11)16(17,18)19/h7-9,20H,10H2,1-6H3. The highest BCUT2D eigenvalue weighted by Gasteiger charge is 2.34. The molecule has 1 aromatic carbocycles. The Morgan fingerprint density at radius 3 is 2.00 bits per heavy atom. The Morgan fingerprint density at radius 2 is 1.57 bits per heavy atom. The van der Waals surface area contributed by atoms with Gasteiger partial charge in [0.1, 0.15) is 0 Å². The molecule has 0 bridgehead atoms. The summed E-state index contributed by atoms with van der Waals surface area (Å²) in [6, 6.07) is 4.60. The molecule has 0 heterocycles. The van der Waals surface area contributed by atoms with E-state index < -0.39 is 11.7 Å². The second-order valence-electron chi connectivity index (χ2n) is 7.15. The summed E-state index contributed by atoms with van der Waals surface area (Å²) in [7, 11) is 0. The van der Waals surface area contributed by atoms with Gasteiger partial charge in [0.25, 0.3) is 0 Å². The molecule has 1 aromatic rings. The molecule has 1 rings (SSSR count). The molecular formula is C16H24F3NS. The summed E-state index contributed by atoms with van der Waals surface area (Å²) in [5.41, 5.74) is -0.0248. The number of rotatable bonds is 3. The number of halogens is 3. The van der Waals surface area contributed by atoms with E-state index in [1.165, 1.54) is 17.8 Å². The van der Waals surface area contributed by atoms with Crippen molar-refractivity contribution in [3.8, 4) is 0 Å². The number of benzene rings is 1. The Balaban J connectivity index is 3.08. The SMILES string of the molecule is CC(C)(C)NCc1ccc(SC(C)(C)C)c(C(F)(F)F)c1. The molecule has 0 radical (unpaired) electrons. The van der Waals surface area contributed by atoms with Gasteiger partial charge in [0, 0.05) is 21.7 Å². The molecule has 0 amide bonds. The lowest BCUT2D eigenvalue weighted by Crippen LogP contribution is -2.35. The van der Waals surface area contributed by atoms with Crippen LogP contribution in [0.25, 0.3) is 0 Å². The van der Waals surface area contributed by atoms with Crippen LogP contribution in [0.5, 0.6) is 0 Å². The van der Waals surface area contributed by atoms with Crippen molar-refractivity contribution < 1.29 is 13.2 Å². The zero-order valence-corrected chi connectivity index (χ0v) is 14.3. The van der Waals surface area contributed by atoms with Gasteiger partial charge in [0.15, 0.2) is 0 Å². The predicted molar refractivity (Wildman–Crippen MR) is 83.6 cm³/mol. The minimum absolute atomic E-state index is 0.128. The normalized spacial score (nSPS) is 13.6. The third-order valence-corrected chi connectivity index (χ3v) is 3.78. The number of hydrogen-bond donors (Lipinski definition) is 1. The highest BCUT2D eigenvalue weighted by molar-refractivity contribution is 8.00.